The monoisotopic (exact) mass is 388 g/mol. The van der Waals surface area contributed by atoms with Crippen LogP contribution in [0.4, 0.5) is 0 Å². The zero-order chi connectivity index (χ0) is 19.9. The van der Waals surface area contributed by atoms with E-state index in [1.54, 1.807) is 6.20 Å². The van der Waals surface area contributed by atoms with E-state index in [0.717, 1.165) is 22.7 Å². The van der Waals surface area contributed by atoms with Gasteiger partial charge in [-0.25, -0.2) is 9.59 Å². The molecule has 2 aromatic rings. The van der Waals surface area contributed by atoms with Gasteiger partial charge in [-0.2, -0.15) is 0 Å². The van der Waals surface area contributed by atoms with E-state index in [0.29, 0.717) is 6.61 Å². The molecule has 0 unspecified atom stereocenters. The number of hydrogen-bond donors (Lipinski definition) is 2. The van der Waals surface area contributed by atoms with Gasteiger partial charge in [-0.05, 0) is 11.6 Å². The van der Waals surface area contributed by atoms with Crippen LogP contribution < -0.4 is 5.32 Å². The van der Waals surface area contributed by atoms with Crippen LogP contribution in [-0.2, 0) is 39.8 Å². The lowest BCUT2D eigenvalue weighted by Crippen LogP contribution is -2.44. The molecule has 0 fully saturated rings. The van der Waals surface area contributed by atoms with E-state index in [1.807, 2.05) is 24.3 Å². The minimum atomic E-state index is -0.927. The highest BCUT2D eigenvalue weighted by molar-refractivity contribution is 5.90. The minimum absolute atomic E-state index is 0.109. The molecule has 0 saturated carbocycles. The number of carbonyl (C=O) groups excluding carboxylic acids is 3. The number of H-pyrrole nitrogens is 1. The topological polar surface area (TPSA) is 116 Å². The summed E-state index contributed by atoms with van der Waals surface area (Å²) in [7, 11) is 1.24. The lowest BCUT2D eigenvalue weighted by molar-refractivity contribution is -0.150. The number of fused-ring (bicyclic) bond motifs is 1. The van der Waals surface area contributed by atoms with Crippen LogP contribution in [0, 0.1) is 0 Å². The third-order valence-corrected chi connectivity index (χ3v) is 4.10. The molecular formula is C19H20N2O7. The van der Waals surface area contributed by atoms with Gasteiger partial charge < -0.3 is 29.2 Å². The van der Waals surface area contributed by atoms with E-state index < -0.39 is 30.5 Å². The van der Waals surface area contributed by atoms with Gasteiger partial charge in [-0.3, -0.25) is 4.79 Å². The third-order valence-electron chi connectivity index (χ3n) is 4.10. The van der Waals surface area contributed by atoms with Crippen molar-refractivity contribution in [3.63, 3.8) is 0 Å². The molecule has 0 radical (unpaired) electrons. The molecule has 2 heterocycles. The smallest absolute Gasteiger partial charge is 0.377 e. The summed E-state index contributed by atoms with van der Waals surface area (Å²) in [5.74, 6) is -2.17. The Morgan fingerprint density at radius 2 is 2.07 bits per heavy atom. The van der Waals surface area contributed by atoms with Gasteiger partial charge in [-0.1, -0.05) is 18.2 Å². The molecule has 1 aromatic heterocycles. The summed E-state index contributed by atoms with van der Waals surface area (Å²) in [6.45, 7) is -0.00497. The molecule has 1 aliphatic rings. The zero-order valence-corrected chi connectivity index (χ0v) is 15.2. The molecule has 0 spiro atoms. The molecule has 28 heavy (non-hydrogen) atoms. The average molecular weight is 388 g/mol. The van der Waals surface area contributed by atoms with Crippen LogP contribution in [-0.4, -0.2) is 55.8 Å². The summed E-state index contributed by atoms with van der Waals surface area (Å²) in [4.78, 5) is 39.2. The van der Waals surface area contributed by atoms with Crippen molar-refractivity contribution in [3.05, 3.63) is 48.0 Å². The van der Waals surface area contributed by atoms with Gasteiger partial charge >= 0.3 is 11.9 Å². The molecule has 1 amide bonds. The zero-order valence-electron chi connectivity index (χ0n) is 15.2. The summed E-state index contributed by atoms with van der Waals surface area (Å²) in [5, 5.41) is 3.48. The van der Waals surface area contributed by atoms with Crippen molar-refractivity contribution in [2.75, 3.05) is 26.9 Å². The number of aromatic amines is 1. The molecule has 2 N–H and O–H groups in total. The second kappa shape index (κ2) is 8.94. The van der Waals surface area contributed by atoms with Crippen LogP contribution in [0.25, 0.3) is 10.9 Å². The third kappa shape index (κ3) is 4.61. The number of benzene rings is 1. The first kappa shape index (κ1) is 19.3. The van der Waals surface area contributed by atoms with Crippen LogP contribution in [0.1, 0.15) is 5.56 Å². The maximum absolute atomic E-state index is 12.2. The fraction of sp³-hybridized carbons (Fsp3) is 0.316. The summed E-state index contributed by atoms with van der Waals surface area (Å²) in [6, 6.07) is 6.68. The Hall–Kier alpha value is -3.49. The first-order valence-electron chi connectivity index (χ1n) is 8.62. The molecule has 0 saturated heterocycles. The Balaban J connectivity index is 1.60. The molecule has 148 valence electrons. The van der Waals surface area contributed by atoms with Crippen LogP contribution in [0.15, 0.2) is 42.5 Å². The van der Waals surface area contributed by atoms with E-state index >= 15 is 0 Å². The predicted octanol–water partition coefficient (Wildman–Crippen LogP) is 0.800. The Bertz CT molecular complexity index is 903. The number of nitrogens with one attached hydrogen (secondary N) is 2. The molecule has 1 atom stereocenters. The van der Waals surface area contributed by atoms with Crippen molar-refractivity contribution >= 4 is 28.7 Å². The first-order valence-corrected chi connectivity index (χ1v) is 8.62. The van der Waals surface area contributed by atoms with Gasteiger partial charge in [0.25, 0.3) is 5.91 Å². The SMILES string of the molecule is COC(=O)[C@H](Cc1c[nH]c2ccccc12)NC(=O)COC(=O)C1=COCCO1. The van der Waals surface area contributed by atoms with Gasteiger partial charge in [0.15, 0.2) is 6.61 Å². The van der Waals surface area contributed by atoms with Crippen molar-refractivity contribution in [2.45, 2.75) is 12.5 Å². The minimum Gasteiger partial charge on any atom is -0.493 e. The summed E-state index contributed by atoms with van der Waals surface area (Å²) >= 11 is 0. The Morgan fingerprint density at radius 3 is 2.82 bits per heavy atom. The van der Waals surface area contributed by atoms with Crippen molar-refractivity contribution in [2.24, 2.45) is 0 Å². The number of hydrogen-bond acceptors (Lipinski definition) is 7. The summed E-state index contributed by atoms with van der Waals surface area (Å²) in [6.07, 6.45) is 3.14. The predicted molar refractivity (Wildman–Crippen MR) is 96.9 cm³/mol. The van der Waals surface area contributed by atoms with E-state index in [1.165, 1.54) is 7.11 Å². The number of amides is 1. The maximum atomic E-state index is 12.2. The van der Waals surface area contributed by atoms with Crippen LogP contribution >= 0.6 is 0 Å². The maximum Gasteiger partial charge on any atom is 0.377 e. The Kier molecular flexibility index (Phi) is 6.15. The Morgan fingerprint density at radius 1 is 1.25 bits per heavy atom. The average Bonchev–Trinajstić information content (AvgIpc) is 3.14. The number of methoxy groups -OCH3 is 1. The van der Waals surface area contributed by atoms with Gasteiger partial charge in [0, 0.05) is 23.5 Å². The second-order valence-electron chi connectivity index (χ2n) is 5.98. The fourth-order valence-corrected chi connectivity index (χ4v) is 2.77. The number of esters is 2. The molecule has 9 nitrogen and oxygen atoms in total. The molecule has 1 aliphatic heterocycles. The summed E-state index contributed by atoms with van der Waals surface area (Å²) in [5.41, 5.74) is 1.77. The number of rotatable bonds is 7. The summed E-state index contributed by atoms with van der Waals surface area (Å²) < 4.78 is 19.7. The quantitative estimate of drug-likeness (QED) is 0.674. The highest BCUT2D eigenvalue weighted by atomic mass is 16.6. The lowest BCUT2D eigenvalue weighted by atomic mass is 10.0. The van der Waals surface area contributed by atoms with Gasteiger partial charge in [-0.15, -0.1) is 0 Å². The van der Waals surface area contributed by atoms with E-state index in [-0.39, 0.29) is 18.8 Å². The van der Waals surface area contributed by atoms with Crippen molar-refractivity contribution < 1.29 is 33.3 Å². The number of para-hydroxylation sites is 1. The standard InChI is InChI=1S/C19H20N2O7/c1-25-18(23)15(8-12-9-20-14-5-3-2-4-13(12)14)21-17(22)11-28-19(24)16-10-26-6-7-27-16/h2-5,9-10,15,20H,6-8,11H2,1H3,(H,21,22)/t15-/m0/s1. The largest absolute Gasteiger partial charge is 0.493 e. The molecule has 1 aromatic carbocycles. The number of ether oxygens (including phenoxy) is 4. The van der Waals surface area contributed by atoms with Crippen molar-refractivity contribution in [1.82, 2.24) is 10.3 Å². The molecule has 0 aliphatic carbocycles. The Labute approximate surface area is 160 Å². The van der Waals surface area contributed by atoms with Crippen molar-refractivity contribution in [1.29, 1.82) is 0 Å². The lowest BCUT2D eigenvalue weighted by Gasteiger charge is -2.17. The molecule has 3 rings (SSSR count). The van der Waals surface area contributed by atoms with Gasteiger partial charge in [0.2, 0.25) is 5.76 Å². The van der Waals surface area contributed by atoms with E-state index in [9.17, 15) is 14.4 Å². The highest BCUT2D eigenvalue weighted by Gasteiger charge is 2.24. The normalized spacial score (nSPS) is 14.2. The molecular weight excluding hydrogens is 368 g/mol. The molecule has 9 heteroatoms. The van der Waals surface area contributed by atoms with Gasteiger partial charge in [0.1, 0.15) is 25.5 Å². The number of carbonyl (C=O) groups is 3. The van der Waals surface area contributed by atoms with Crippen LogP contribution in [0.2, 0.25) is 0 Å². The number of aromatic nitrogens is 1. The first-order chi connectivity index (χ1) is 13.6. The van der Waals surface area contributed by atoms with E-state index in [4.69, 9.17) is 18.9 Å². The van der Waals surface area contributed by atoms with Gasteiger partial charge in [0.05, 0.1) is 7.11 Å². The second-order valence-corrected chi connectivity index (χ2v) is 5.98. The van der Waals surface area contributed by atoms with Crippen molar-refractivity contribution in [3.8, 4) is 0 Å². The van der Waals surface area contributed by atoms with Crippen LogP contribution in [0.5, 0.6) is 0 Å². The highest BCUT2D eigenvalue weighted by Crippen LogP contribution is 2.19. The van der Waals surface area contributed by atoms with Crippen LogP contribution in [0.3, 0.4) is 0 Å². The molecule has 0 bridgehead atoms. The fourth-order valence-electron chi connectivity index (χ4n) is 2.77. The van der Waals surface area contributed by atoms with E-state index in [2.05, 4.69) is 10.3 Å².